The molecular formula is C30H35FN2O2. The first-order chi connectivity index (χ1) is 16.9. The first-order valence-electron chi connectivity index (χ1n) is 12.3. The van der Waals surface area contributed by atoms with E-state index in [-0.39, 0.29) is 30.6 Å². The fraction of sp³-hybridized carbons (Fsp3) is 0.333. The lowest BCUT2D eigenvalue weighted by Crippen LogP contribution is -2.51. The van der Waals surface area contributed by atoms with Gasteiger partial charge in [0.15, 0.2) is 0 Å². The second-order valence-electron chi connectivity index (χ2n) is 9.10. The van der Waals surface area contributed by atoms with Gasteiger partial charge in [0.25, 0.3) is 0 Å². The van der Waals surface area contributed by atoms with Gasteiger partial charge in [-0.3, -0.25) is 9.59 Å². The summed E-state index contributed by atoms with van der Waals surface area (Å²) in [6.45, 7) is 6.86. The van der Waals surface area contributed by atoms with E-state index in [1.54, 1.807) is 17.0 Å². The molecule has 5 heteroatoms. The largest absolute Gasteiger partial charge is 0.354 e. The predicted molar refractivity (Wildman–Crippen MR) is 138 cm³/mol. The molecule has 0 aliphatic heterocycles. The van der Waals surface area contributed by atoms with Crippen LogP contribution >= 0.6 is 0 Å². The van der Waals surface area contributed by atoms with E-state index in [0.717, 1.165) is 40.7 Å². The lowest BCUT2D eigenvalue weighted by Gasteiger charge is -2.32. The van der Waals surface area contributed by atoms with Crippen LogP contribution < -0.4 is 5.32 Å². The lowest BCUT2D eigenvalue weighted by atomic mass is 9.99. The maximum Gasteiger partial charge on any atom is 0.243 e. The molecule has 0 spiro atoms. The number of benzene rings is 3. The van der Waals surface area contributed by atoms with Crippen molar-refractivity contribution in [3.05, 3.63) is 106 Å². The Kier molecular flexibility index (Phi) is 9.59. The van der Waals surface area contributed by atoms with E-state index in [4.69, 9.17) is 0 Å². The van der Waals surface area contributed by atoms with Crippen LogP contribution in [0.15, 0.2) is 72.8 Å². The Morgan fingerprint density at radius 3 is 2.34 bits per heavy atom. The number of aryl methyl sites for hydroxylation is 2. The van der Waals surface area contributed by atoms with E-state index in [9.17, 15) is 14.0 Å². The van der Waals surface area contributed by atoms with Gasteiger partial charge in [-0.25, -0.2) is 4.39 Å². The Morgan fingerprint density at radius 1 is 0.943 bits per heavy atom. The number of hydrogen-bond acceptors (Lipinski definition) is 2. The molecule has 1 unspecified atom stereocenters. The zero-order chi connectivity index (χ0) is 25.2. The number of amides is 2. The average molecular weight is 475 g/mol. The van der Waals surface area contributed by atoms with Gasteiger partial charge in [-0.1, -0.05) is 79.6 Å². The Morgan fingerprint density at radius 2 is 1.66 bits per heavy atom. The van der Waals surface area contributed by atoms with Crippen molar-refractivity contribution in [3.63, 3.8) is 0 Å². The maximum absolute atomic E-state index is 13.8. The third-order valence-corrected chi connectivity index (χ3v) is 6.21. The lowest BCUT2D eigenvalue weighted by molar-refractivity contribution is -0.140. The van der Waals surface area contributed by atoms with E-state index < -0.39 is 6.04 Å². The van der Waals surface area contributed by atoms with Crippen molar-refractivity contribution >= 4 is 11.8 Å². The standard InChI is InChI=1S/C30H35FN2O2/c1-4-5-17-32-30(35)28(19-24-9-7-6-8-10-24)33(21-25-13-15-27(31)16-14-25)29(34)20-26-18-22(2)11-12-23(26)3/h6-16,18,28H,4-5,17,19-21H2,1-3H3,(H,32,35). The number of unbranched alkanes of at least 4 members (excludes halogenated alkanes) is 1. The van der Waals surface area contributed by atoms with Crippen LogP contribution in [-0.2, 0) is 29.0 Å². The number of nitrogens with zero attached hydrogens (tertiary/aromatic N) is 1. The van der Waals surface area contributed by atoms with Crippen LogP contribution in [0, 0.1) is 19.7 Å². The van der Waals surface area contributed by atoms with Crippen LogP contribution in [-0.4, -0.2) is 29.3 Å². The summed E-state index contributed by atoms with van der Waals surface area (Å²) < 4.78 is 13.6. The molecule has 2 amide bonds. The van der Waals surface area contributed by atoms with Crippen LogP contribution in [0.2, 0.25) is 0 Å². The first-order valence-corrected chi connectivity index (χ1v) is 12.3. The van der Waals surface area contributed by atoms with Crippen molar-refractivity contribution in [2.24, 2.45) is 0 Å². The fourth-order valence-electron chi connectivity index (χ4n) is 4.10. The third kappa shape index (κ3) is 7.78. The van der Waals surface area contributed by atoms with Gasteiger partial charge in [0, 0.05) is 19.5 Å². The first kappa shape index (κ1) is 26.1. The third-order valence-electron chi connectivity index (χ3n) is 6.21. The summed E-state index contributed by atoms with van der Waals surface area (Å²) in [5.74, 6) is -0.631. The minimum Gasteiger partial charge on any atom is -0.354 e. The predicted octanol–water partition coefficient (Wildman–Crippen LogP) is 5.54. The number of hydrogen-bond donors (Lipinski definition) is 1. The molecule has 0 aliphatic rings. The summed E-state index contributed by atoms with van der Waals surface area (Å²) in [7, 11) is 0. The highest BCUT2D eigenvalue weighted by Gasteiger charge is 2.30. The number of halogens is 1. The molecule has 0 saturated carbocycles. The molecular weight excluding hydrogens is 439 g/mol. The van der Waals surface area contributed by atoms with Crippen LogP contribution in [0.5, 0.6) is 0 Å². The quantitative estimate of drug-likeness (QED) is 0.371. The number of nitrogens with one attached hydrogen (secondary N) is 1. The summed E-state index contributed by atoms with van der Waals surface area (Å²) in [6, 6.07) is 21.2. The molecule has 0 aliphatic carbocycles. The molecule has 3 aromatic carbocycles. The van der Waals surface area contributed by atoms with Gasteiger partial charge in [0.1, 0.15) is 11.9 Å². The molecule has 3 rings (SSSR count). The molecule has 0 bridgehead atoms. The number of carbonyl (C=O) groups excluding carboxylic acids is 2. The molecule has 0 fully saturated rings. The Hall–Kier alpha value is -3.47. The normalized spacial score (nSPS) is 11.7. The molecule has 0 aromatic heterocycles. The Balaban J connectivity index is 1.96. The summed E-state index contributed by atoms with van der Waals surface area (Å²) in [6.07, 6.45) is 2.44. The molecule has 35 heavy (non-hydrogen) atoms. The van der Waals surface area contributed by atoms with E-state index in [1.165, 1.54) is 12.1 Å². The van der Waals surface area contributed by atoms with Crippen molar-refractivity contribution < 1.29 is 14.0 Å². The van der Waals surface area contributed by atoms with Crippen LogP contribution in [0.1, 0.15) is 47.6 Å². The fourth-order valence-corrected chi connectivity index (χ4v) is 4.10. The van der Waals surface area contributed by atoms with Crippen LogP contribution in [0.25, 0.3) is 0 Å². The van der Waals surface area contributed by atoms with E-state index in [1.807, 2.05) is 62.4 Å². The zero-order valence-electron chi connectivity index (χ0n) is 20.9. The average Bonchev–Trinajstić information content (AvgIpc) is 2.85. The molecule has 1 N–H and O–H groups in total. The highest BCUT2D eigenvalue weighted by atomic mass is 19.1. The Labute approximate surface area is 208 Å². The van der Waals surface area contributed by atoms with Crippen molar-refractivity contribution in [1.29, 1.82) is 0 Å². The van der Waals surface area contributed by atoms with Gasteiger partial charge in [0.2, 0.25) is 11.8 Å². The van der Waals surface area contributed by atoms with Gasteiger partial charge in [-0.15, -0.1) is 0 Å². The van der Waals surface area contributed by atoms with Crippen molar-refractivity contribution in [3.8, 4) is 0 Å². The minimum absolute atomic E-state index is 0.130. The van der Waals surface area contributed by atoms with Crippen molar-refractivity contribution in [2.45, 2.75) is 59.0 Å². The molecule has 0 heterocycles. The molecule has 0 saturated heterocycles. The van der Waals surface area contributed by atoms with Crippen LogP contribution in [0.3, 0.4) is 0 Å². The van der Waals surface area contributed by atoms with Gasteiger partial charge in [-0.2, -0.15) is 0 Å². The SMILES string of the molecule is CCCCNC(=O)C(Cc1ccccc1)N(Cc1ccc(F)cc1)C(=O)Cc1cc(C)ccc1C. The highest BCUT2D eigenvalue weighted by molar-refractivity contribution is 5.89. The summed E-state index contributed by atoms with van der Waals surface area (Å²) >= 11 is 0. The van der Waals surface area contributed by atoms with Gasteiger partial charge >= 0.3 is 0 Å². The molecule has 3 aromatic rings. The Bertz CT molecular complexity index is 1110. The van der Waals surface area contributed by atoms with E-state index in [2.05, 4.69) is 12.2 Å². The van der Waals surface area contributed by atoms with Crippen molar-refractivity contribution in [2.75, 3.05) is 6.54 Å². The maximum atomic E-state index is 13.8. The monoisotopic (exact) mass is 474 g/mol. The van der Waals surface area contributed by atoms with Gasteiger partial charge in [0.05, 0.1) is 6.42 Å². The minimum atomic E-state index is -0.683. The summed E-state index contributed by atoms with van der Waals surface area (Å²) in [4.78, 5) is 28.9. The van der Waals surface area contributed by atoms with Crippen LogP contribution in [0.4, 0.5) is 4.39 Å². The van der Waals surface area contributed by atoms with Gasteiger partial charge < -0.3 is 10.2 Å². The second-order valence-corrected chi connectivity index (χ2v) is 9.10. The van der Waals surface area contributed by atoms with E-state index in [0.29, 0.717) is 13.0 Å². The molecule has 0 radical (unpaired) electrons. The smallest absolute Gasteiger partial charge is 0.243 e. The summed E-state index contributed by atoms with van der Waals surface area (Å²) in [5.41, 5.74) is 4.83. The topological polar surface area (TPSA) is 49.4 Å². The highest BCUT2D eigenvalue weighted by Crippen LogP contribution is 2.19. The number of carbonyl (C=O) groups is 2. The number of rotatable bonds is 11. The molecule has 184 valence electrons. The molecule has 4 nitrogen and oxygen atoms in total. The van der Waals surface area contributed by atoms with E-state index >= 15 is 0 Å². The second kappa shape index (κ2) is 12.8. The van der Waals surface area contributed by atoms with Gasteiger partial charge in [-0.05, 0) is 54.7 Å². The molecule has 1 atom stereocenters. The zero-order valence-corrected chi connectivity index (χ0v) is 20.9. The van der Waals surface area contributed by atoms with Crippen molar-refractivity contribution in [1.82, 2.24) is 10.2 Å². The summed E-state index contributed by atoms with van der Waals surface area (Å²) in [5, 5.41) is 3.03.